The molecule has 0 aliphatic carbocycles. The van der Waals surface area contributed by atoms with E-state index in [1.54, 1.807) is 12.1 Å². The summed E-state index contributed by atoms with van der Waals surface area (Å²) in [5, 5.41) is 3.44. The zero-order valence-electron chi connectivity index (χ0n) is 10.4. The topological polar surface area (TPSA) is 29.1 Å². The molecule has 98 valence electrons. The van der Waals surface area contributed by atoms with Crippen molar-refractivity contribution in [2.24, 2.45) is 0 Å². The Kier molecular flexibility index (Phi) is 4.61. The van der Waals surface area contributed by atoms with Crippen molar-refractivity contribution in [1.29, 1.82) is 0 Å². The van der Waals surface area contributed by atoms with Crippen LogP contribution in [0.2, 0.25) is 5.02 Å². The SMILES string of the molecule is Cc1cccc(CC(=O)Nc2cc(Cl)ccc2Br)c1. The Bertz CT molecular complexity index is 613. The van der Waals surface area contributed by atoms with Crippen LogP contribution in [-0.2, 0) is 11.2 Å². The molecule has 0 heterocycles. The van der Waals surface area contributed by atoms with Gasteiger partial charge in [0.05, 0.1) is 12.1 Å². The molecule has 2 nitrogen and oxygen atoms in total. The van der Waals surface area contributed by atoms with E-state index < -0.39 is 0 Å². The number of hydrogen-bond acceptors (Lipinski definition) is 1. The van der Waals surface area contributed by atoms with Gasteiger partial charge in [0, 0.05) is 9.50 Å². The molecule has 1 N–H and O–H groups in total. The molecule has 0 bridgehead atoms. The van der Waals surface area contributed by atoms with Crippen LogP contribution in [0.25, 0.3) is 0 Å². The monoisotopic (exact) mass is 337 g/mol. The Balaban J connectivity index is 2.07. The maximum atomic E-state index is 12.0. The lowest BCUT2D eigenvalue weighted by atomic mass is 10.1. The first-order chi connectivity index (χ1) is 9.04. The fraction of sp³-hybridized carbons (Fsp3) is 0.133. The molecule has 2 aromatic carbocycles. The maximum Gasteiger partial charge on any atom is 0.228 e. The molecular formula is C15H13BrClNO. The number of hydrogen-bond donors (Lipinski definition) is 1. The highest BCUT2D eigenvalue weighted by molar-refractivity contribution is 9.10. The summed E-state index contributed by atoms with van der Waals surface area (Å²) >= 11 is 9.29. The standard InChI is InChI=1S/C15H13BrClNO/c1-10-3-2-4-11(7-10)8-15(19)18-14-9-12(17)5-6-13(14)16/h2-7,9H,8H2,1H3,(H,18,19). The number of nitrogens with one attached hydrogen (secondary N) is 1. The average Bonchev–Trinajstić information content (AvgIpc) is 2.34. The second-order valence-electron chi connectivity index (χ2n) is 4.34. The van der Waals surface area contributed by atoms with Gasteiger partial charge in [0.2, 0.25) is 5.91 Å². The lowest BCUT2D eigenvalue weighted by Crippen LogP contribution is -2.14. The Labute approximate surface area is 125 Å². The summed E-state index contributed by atoms with van der Waals surface area (Å²) in [5.74, 6) is -0.0615. The summed E-state index contributed by atoms with van der Waals surface area (Å²) in [6.07, 6.45) is 0.348. The van der Waals surface area contributed by atoms with Gasteiger partial charge in [-0.25, -0.2) is 0 Å². The molecular weight excluding hydrogens is 326 g/mol. The third-order valence-electron chi connectivity index (χ3n) is 2.65. The van der Waals surface area contributed by atoms with E-state index in [0.29, 0.717) is 17.1 Å². The Morgan fingerprint density at radius 1 is 1.26 bits per heavy atom. The zero-order chi connectivity index (χ0) is 13.8. The second-order valence-corrected chi connectivity index (χ2v) is 5.63. The highest BCUT2D eigenvalue weighted by Gasteiger charge is 2.07. The van der Waals surface area contributed by atoms with Gasteiger partial charge in [-0.2, -0.15) is 0 Å². The summed E-state index contributed by atoms with van der Waals surface area (Å²) in [7, 11) is 0. The predicted octanol–water partition coefficient (Wildman–Crippen LogP) is 4.59. The Morgan fingerprint density at radius 2 is 2.05 bits per heavy atom. The van der Waals surface area contributed by atoms with Crippen molar-refractivity contribution in [2.45, 2.75) is 13.3 Å². The van der Waals surface area contributed by atoms with Crippen LogP contribution >= 0.6 is 27.5 Å². The zero-order valence-corrected chi connectivity index (χ0v) is 12.8. The molecule has 0 aliphatic heterocycles. The van der Waals surface area contributed by atoms with Gasteiger partial charge < -0.3 is 5.32 Å². The van der Waals surface area contributed by atoms with Crippen LogP contribution in [-0.4, -0.2) is 5.91 Å². The van der Waals surface area contributed by atoms with E-state index >= 15 is 0 Å². The van der Waals surface area contributed by atoms with E-state index in [4.69, 9.17) is 11.6 Å². The summed E-state index contributed by atoms with van der Waals surface area (Å²) in [6, 6.07) is 13.2. The van der Waals surface area contributed by atoms with Gasteiger partial charge >= 0.3 is 0 Å². The van der Waals surface area contributed by atoms with Crippen LogP contribution in [0.3, 0.4) is 0 Å². The Morgan fingerprint density at radius 3 is 2.79 bits per heavy atom. The van der Waals surface area contributed by atoms with Gasteiger partial charge in [0.25, 0.3) is 0 Å². The average molecular weight is 339 g/mol. The largest absolute Gasteiger partial charge is 0.325 e. The van der Waals surface area contributed by atoms with E-state index in [0.717, 1.165) is 15.6 Å². The van der Waals surface area contributed by atoms with Crippen molar-refractivity contribution >= 4 is 39.1 Å². The van der Waals surface area contributed by atoms with Crippen LogP contribution in [0.1, 0.15) is 11.1 Å². The van der Waals surface area contributed by atoms with Gasteiger partial charge in [-0.05, 0) is 46.6 Å². The van der Waals surface area contributed by atoms with E-state index in [9.17, 15) is 4.79 Å². The normalized spacial score (nSPS) is 10.3. The summed E-state index contributed by atoms with van der Waals surface area (Å²) < 4.78 is 0.814. The molecule has 1 amide bonds. The molecule has 19 heavy (non-hydrogen) atoms. The third-order valence-corrected chi connectivity index (χ3v) is 3.58. The molecule has 0 atom stereocenters. The summed E-state index contributed by atoms with van der Waals surface area (Å²) in [4.78, 5) is 12.0. The number of halogens is 2. The minimum atomic E-state index is -0.0615. The summed E-state index contributed by atoms with van der Waals surface area (Å²) in [6.45, 7) is 2.01. The number of benzene rings is 2. The van der Waals surface area contributed by atoms with Crippen molar-refractivity contribution in [2.75, 3.05) is 5.32 Å². The third kappa shape index (κ3) is 4.08. The van der Waals surface area contributed by atoms with E-state index in [2.05, 4.69) is 21.2 Å². The first-order valence-corrected chi connectivity index (χ1v) is 7.02. The maximum absolute atomic E-state index is 12.0. The van der Waals surface area contributed by atoms with Crippen molar-refractivity contribution in [1.82, 2.24) is 0 Å². The fourth-order valence-electron chi connectivity index (χ4n) is 1.80. The molecule has 0 fully saturated rings. The van der Waals surface area contributed by atoms with Crippen LogP contribution in [0.5, 0.6) is 0 Å². The van der Waals surface area contributed by atoms with Gasteiger partial charge in [-0.1, -0.05) is 41.4 Å². The van der Waals surface area contributed by atoms with Crippen molar-refractivity contribution < 1.29 is 4.79 Å². The van der Waals surface area contributed by atoms with E-state index in [1.165, 1.54) is 0 Å². The number of carbonyl (C=O) groups is 1. The minimum absolute atomic E-state index is 0.0615. The van der Waals surface area contributed by atoms with Gasteiger partial charge in [0.15, 0.2) is 0 Å². The van der Waals surface area contributed by atoms with Crippen LogP contribution in [0, 0.1) is 6.92 Å². The molecule has 0 aromatic heterocycles. The van der Waals surface area contributed by atoms with Crippen molar-refractivity contribution in [3.63, 3.8) is 0 Å². The lowest BCUT2D eigenvalue weighted by molar-refractivity contribution is -0.115. The molecule has 0 spiro atoms. The predicted molar refractivity (Wildman–Crippen MR) is 82.7 cm³/mol. The molecule has 2 aromatic rings. The first kappa shape index (κ1) is 14.1. The van der Waals surface area contributed by atoms with E-state index in [-0.39, 0.29) is 5.91 Å². The number of anilines is 1. The van der Waals surface area contributed by atoms with Crippen molar-refractivity contribution in [3.8, 4) is 0 Å². The van der Waals surface area contributed by atoms with Gasteiger partial charge in [0.1, 0.15) is 0 Å². The smallest absolute Gasteiger partial charge is 0.228 e. The highest BCUT2D eigenvalue weighted by Crippen LogP contribution is 2.26. The molecule has 0 saturated carbocycles. The molecule has 0 saturated heterocycles. The minimum Gasteiger partial charge on any atom is -0.325 e. The number of rotatable bonds is 3. The number of amides is 1. The van der Waals surface area contributed by atoms with Crippen molar-refractivity contribution in [3.05, 3.63) is 63.1 Å². The van der Waals surface area contributed by atoms with Gasteiger partial charge in [-0.3, -0.25) is 4.79 Å². The van der Waals surface area contributed by atoms with Crippen LogP contribution < -0.4 is 5.32 Å². The Hall–Kier alpha value is -1.32. The van der Waals surface area contributed by atoms with Crippen LogP contribution in [0.4, 0.5) is 5.69 Å². The van der Waals surface area contributed by atoms with E-state index in [1.807, 2.05) is 37.3 Å². The molecule has 0 unspecified atom stereocenters. The van der Waals surface area contributed by atoms with Gasteiger partial charge in [-0.15, -0.1) is 0 Å². The number of carbonyl (C=O) groups excluding carboxylic acids is 1. The highest BCUT2D eigenvalue weighted by atomic mass is 79.9. The number of aryl methyl sites for hydroxylation is 1. The molecule has 0 aliphatic rings. The fourth-order valence-corrected chi connectivity index (χ4v) is 2.31. The molecule has 2 rings (SSSR count). The second kappa shape index (κ2) is 6.22. The molecule has 0 radical (unpaired) electrons. The first-order valence-electron chi connectivity index (χ1n) is 5.85. The lowest BCUT2D eigenvalue weighted by Gasteiger charge is -2.08. The summed E-state index contributed by atoms with van der Waals surface area (Å²) in [5.41, 5.74) is 2.83. The molecule has 4 heteroatoms. The quantitative estimate of drug-likeness (QED) is 0.871. The van der Waals surface area contributed by atoms with Crippen LogP contribution in [0.15, 0.2) is 46.9 Å².